The molecule has 0 amide bonds. The predicted octanol–water partition coefficient (Wildman–Crippen LogP) is 1.68. The average Bonchev–Trinajstić information content (AvgIpc) is 3.01. The first-order chi connectivity index (χ1) is 9.42. The van der Waals surface area contributed by atoms with Gasteiger partial charge in [0.15, 0.2) is 5.82 Å². The largest absolute Gasteiger partial charge is 0.383 e. The highest BCUT2D eigenvalue weighted by molar-refractivity contribution is 5.43. The summed E-state index contributed by atoms with van der Waals surface area (Å²) < 4.78 is 1.76. The van der Waals surface area contributed by atoms with Gasteiger partial charge in [0.05, 0.1) is 11.9 Å². The molecule has 1 saturated heterocycles. The van der Waals surface area contributed by atoms with Gasteiger partial charge in [-0.25, -0.2) is 9.67 Å². The van der Waals surface area contributed by atoms with Crippen molar-refractivity contribution in [1.82, 2.24) is 20.1 Å². The number of hydrogen-bond acceptors (Lipinski definition) is 4. The first-order valence-corrected chi connectivity index (χ1v) is 6.82. The molecule has 19 heavy (non-hydrogen) atoms. The van der Waals surface area contributed by atoms with Crippen LogP contribution in [0.4, 0.5) is 5.69 Å². The molecule has 100 valence electrons. The van der Waals surface area contributed by atoms with Crippen LogP contribution in [-0.4, -0.2) is 34.4 Å². The fourth-order valence-electron chi connectivity index (χ4n) is 2.39. The summed E-state index contributed by atoms with van der Waals surface area (Å²) in [5.74, 6) is 1.56. The normalized spacial score (nSPS) is 19.3. The van der Waals surface area contributed by atoms with E-state index in [0.29, 0.717) is 0 Å². The zero-order valence-corrected chi connectivity index (χ0v) is 10.9. The predicted molar refractivity (Wildman–Crippen MR) is 75.4 cm³/mol. The summed E-state index contributed by atoms with van der Waals surface area (Å²) in [5.41, 5.74) is 1.07. The Morgan fingerprint density at radius 1 is 1.42 bits per heavy atom. The number of aromatic nitrogens is 3. The van der Waals surface area contributed by atoms with Crippen molar-refractivity contribution in [3.05, 3.63) is 36.8 Å². The van der Waals surface area contributed by atoms with Gasteiger partial charge in [0.1, 0.15) is 0 Å². The summed E-state index contributed by atoms with van der Waals surface area (Å²) >= 11 is 0. The molecule has 1 fully saturated rings. The Hall–Kier alpha value is -1.88. The first kappa shape index (κ1) is 12.2. The van der Waals surface area contributed by atoms with Crippen LogP contribution >= 0.6 is 0 Å². The molecule has 1 aliphatic heterocycles. The molecule has 5 nitrogen and oxygen atoms in total. The number of pyridine rings is 1. The molecule has 1 unspecified atom stereocenters. The number of hydrogen-bond donors (Lipinski definition) is 2. The summed E-state index contributed by atoms with van der Waals surface area (Å²) in [6, 6.07) is 5.93. The maximum Gasteiger partial charge on any atom is 0.153 e. The summed E-state index contributed by atoms with van der Waals surface area (Å²) in [4.78, 5) is 4.41. The van der Waals surface area contributed by atoms with Gasteiger partial charge in [0.2, 0.25) is 0 Å². The van der Waals surface area contributed by atoms with Crippen LogP contribution in [0.1, 0.15) is 12.8 Å². The highest BCUT2D eigenvalue weighted by atomic mass is 15.3. The second kappa shape index (κ2) is 5.84. The molecule has 1 aliphatic rings. The van der Waals surface area contributed by atoms with Crippen LogP contribution in [0.25, 0.3) is 5.82 Å². The van der Waals surface area contributed by atoms with Gasteiger partial charge in [-0.15, -0.1) is 0 Å². The molecule has 0 spiro atoms. The lowest BCUT2D eigenvalue weighted by Crippen LogP contribution is -2.33. The van der Waals surface area contributed by atoms with Crippen molar-refractivity contribution in [1.29, 1.82) is 0 Å². The van der Waals surface area contributed by atoms with E-state index in [1.165, 1.54) is 12.8 Å². The molecular weight excluding hydrogens is 238 g/mol. The highest BCUT2D eigenvalue weighted by Gasteiger charge is 2.12. The summed E-state index contributed by atoms with van der Waals surface area (Å²) in [6.45, 7) is 3.29. The molecule has 2 aromatic heterocycles. The number of rotatable bonds is 4. The zero-order chi connectivity index (χ0) is 12.9. The number of nitrogens with zero attached hydrogens (tertiary/aromatic N) is 3. The van der Waals surface area contributed by atoms with E-state index in [1.54, 1.807) is 10.9 Å². The highest BCUT2D eigenvalue weighted by Crippen LogP contribution is 2.13. The van der Waals surface area contributed by atoms with Gasteiger partial charge >= 0.3 is 0 Å². The molecule has 0 aliphatic carbocycles. The SMILES string of the molecule is c1cnn(-c2ccc(NCC3CCCNC3)cn2)c1. The van der Waals surface area contributed by atoms with E-state index in [1.807, 2.05) is 24.5 Å². The lowest BCUT2D eigenvalue weighted by molar-refractivity contribution is 0.393. The van der Waals surface area contributed by atoms with Gasteiger partial charge in [-0.05, 0) is 50.0 Å². The van der Waals surface area contributed by atoms with Crippen molar-refractivity contribution >= 4 is 5.69 Å². The summed E-state index contributed by atoms with van der Waals surface area (Å²) in [5, 5.41) is 11.0. The Morgan fingerprint density at radius 3 is 3.11 bits per heavy atom. The maximum atomic E-state index is 4.41. The second-order valence-corrected chi connectivity index (χ2v) is 4.95. The third kappa shape index (κ3) is 3.12. The van der Waals surface area contributed by atoms with Crippen LogP contribution in [-0.2, 0) is 0 Å². The van der Waals surface area contributed by atoms with Crippen LogP contribution < -0.4 is 10.6 Å². The van der Waals surface area contributed by atoms with Crippen molar-refractivity contribution in [2.75, 3.05) is 25.0 Å². The molecule has 1 atom stereocenters. The van der Waals surface area contributed by atoms with Crippen LogP contribution in [0, 0.1) is 5.92 Å². The molecule has 0 radical (unpaired) electrons. The monoisotopic (exact) mass is 257 g/mol. The van der Waals surface area contributed by atoms with Crippen molar-refractivity contribution < 1.29 is 0 Å². The molecule has 3 rings (SSSR count). The van der Waals surface area contributed by atoms with Crippen molar-refractivity contribution in [2.24, 2.45) is 5.92 Å². The van der Waals surface area contributed by atoms with Gasteiger partial charge in [-0.2, -0.15) is 5.10 Å². The Morgan fingerprint density at radius 2 is 2.42 bits per heavy atom. The van der Waals surface area contributed by atoms with Crippen LogP contribution in [0.3, 0.4) is 0 Å². The minimum absolute atomic E-state index is 0.722. The van der Waals surface area contributed by atoms with E-state index < -0.39 is 0 Å². The number of nitrogens with one attached hydrogen (secondary N) is 2. The second-order valence-electron chi connectivity index (χ2n) is 4.95. The quantitative estimate of drug-likeness (QED) is 0.875. The van der Waals surface area contributed by atoms with Gasteiger partial charge < -0.3 is 10.6 Å². The molecule has 5 heteroatoms. The molecule has 0 aromatic carbocycles. The number of anilines is 1. The standard InChI is InChI=1S/C14H19N5/c1-3-12(9-15-6-1)10-16-13-4-5-14(17-11-13)19-8-2-7-18-19/h2,4-5,7-8,11-12,15-16H,1,3,6,9-10H2. The number of piperidine rings is 1. The van der Waals surface area contributed by atoms with E-state index in [-0.39, 0.29) is 0 Å². The molecule has 0 bridgehead atoms. The van der Waals surface area contributed by atoms with Gasteiger partial charge in [-0.3, -0.25) is 0 Å². The summed E-state index contributed by atoms with van der Waals surface area (Å²) in [7, 11) is 0. The molecule has 3 heterocycles. The van der Waals surface area contributed by atoms with E-state index in [4.69, 9.17) is 0 Å². The smallest absolute Gasteiger partial charge is 0.153 e. The third-order valence-electron chi connectivity index (χ3n) is 3.48. The van der Waals surface area contributed by atoms with Gasteiger partial charge in [-0.1, -0.05) is 0 Å². The Labute approximate surface area is 113 Å². The Kier molecular flexibility index (Phi) is 3.74. The average molecular weight is 257 g/mol. The first-order valence-electron chi connectivity index (χ1n) is 6.82. The van der Waals surface area contributed by atoms with Crippen molar-refractivity contribution in [2.45, 2.75) is 12.8 Å². The van der Waals surface area contributed by atoms with Gasteiger partial charge in [0, 0.05) is 18.9 Å². The van der Waals surface area contributed by atoms with Crippen molar-refractivity contribution in [3.63, 3.8) is 0 Å². The third-order valence-corrected chi connectivity index (χ3v) is 3.48. The lowest BCUT2D eigenvalue weighted by Gasteiger charge is -2.23. The fourth-order valence-corrected chi connectivity index (χ4v) is 2.39. The van der Waals surface area contributed by atoms with E-state index >= 15 is 0 Å². The summed E-state index contributed by atoms with van der Waals surface area (Å²) in [6.07, 6.45) is 8.10. The maximum absolute atomic E-state index is 4.41. The van der Waals surface area contributed by atoms with Crippen LogP contribution in [0.15, 0.2) is 36.8 Å². The molecule has 2 aromatic rings. The Bertz CT molecular complexity index is 485. The van der Waals surface area contributed by atoms with Crippen LogP contribution in [0.2, 0.25) is 0 Å². The zero-order valence-electron chi connectivity index (χ0n) is 10.9. The van der Waals surface area contributed by atoms with E-state index in [9.17, 15) is 0 Å². The van der Waals surface area contributed by atoms with E-state index in [2.05, 4.69) is 26.8 Å². The van der Waals surface area contributed by atoms with Gasteiger partial charge in [0.25, 0.3) is 0 Å². The lowest BCUT2D eigenvalue weighted by atomic mass is 10.00. The minimum Gasteiger partial charge on any atom is -0.383 e. The molecule has 0 saturated carbocycles. The Balaban J connectivity index is 1.57. The van der Waals surface area contributed by atoms with E-state index in [0.717, 1.165) is 37.1 Å². The van der Waals surface area contributed by atoms with Crippen LogP contribution in [0.5, 0.6) is 0 Å². The fraction of sp³-hybridized carbons (Fsp3) is 0.429. The topological polar surface area (TPSA) is 54.8 Å². The van der Waals surface area contributed by atoms with Crippen molar-refractivity contribution in [3.8, 4) is 5.82 Å². The molecule has 2 N–H and O–H groups in total. The molecular formula is C14H19N5. The minimum atomic E-state index is 0.722.